The number of hydrogen-bond acceptors (Lipinski definition) is 6. The Bertz CT molecular complexity index is 1300. The molecule has 2 aromatic carbocycles. The van der Waals surface area contributed by atoms with Crippen LogP contribution in [0.2, 0.25) is 0 Å². The van der Waals surface area contributed by atoms with Crippen molar-refractivity contribution in [2.45, 2.75) is 103 Å². The summed E-state index contributed by atoms with van der Waals surface area (Å²) in [5.74, 6) is -0.211. The highest BCUT2D eigenvalue weighted by Crippen LogP contribution is 2.29. The number of rotatable bonds is 8. The maximum absolute atomic E-state index is 14.4. The number of nitrogens with one attached hydrogen (secondary N) is 2. The van der Waals surface area contributed by atoms with Crippen molar-refractivity contribution in [2.24, 2.45) is 5.92 Å². The van der Waals surface area contributed by atoms with Gasteiger partial charge in [0, 0.05) is 44.4 Å². The molecule has 0 spiro atoms. The summed E-state index contributed by atoms with van der Waals surface area (Å²) in [6, 6.07) is 14.3. The molecule has 1 heterocycles. The zero-order valence-electron chi connectivity index (χ0n) is 28.6. The first-order chi connectivity index (χ1) is 22.6. The molecule has 0 aromatic heterocycles. The van der Waals surface area contributed by atoms with Crippen LogP contribution in [0.4, 0.5) is 10.5 Å². The van der Waals surface area contributed by atoms with E-state index in [1.165, 1.54) is 6.42 Å². The minimum absolute atomic E-state index is 0.106. The van der Waals surface area contributed by atoms with Crippen molar-refractivity contribution < 1.29 is 29.0 Å². The third-order valence-corrected chi connectivity index (χ3v) is 9.28. The summed E-state index contributed by atoms with van der Waals surface area (Å²) in [6.07, 6.45) is 7.73. The van der Waals surface area contributed by atoms with Gasteiger partial charge in [0.25, 0.3) is 5.91 Å². The molecule has 2 aromatic rings. The molecule has 4 atom stereocenters. The number of anilines is 1. The van der Waals surface area contributed by atoms with Crippen LogP contribution in [0.25, 0.3) is 0 Å². The second kappa shape index (κ2) is 18.1. The van der Waals surface area contributed by atoms with Crippen LogP contribution in [0.15, 0.2) is 48.5 Å². The average Bonchev–Trinajstić information content (AvgIpc) is 3.06. The van der Waals surface area contributed by atoms with Crippen molar-refractivity contribution in [2.75, 3.05) is 38.7 Å². The van der Waals surface area contributed by atoms with Crippen LogP contribution >= 0.6 is 0 Å². The van der Waals surface area contributed by atoms with E-state index in [-0.39, 0.29) is 55.0 Å². The molecule has 10 nitrogen and oxygen atoms in total. The second-order valence-corrected chi connectivity index (χ2v) is 13.4. The van der Waals surface area contributed by atoms with Crippen LogP contribution in [0.3, 0.4) is 0 Å². The standard InChI is InChI=1S/C37H54N4O6/c1-26-23-41(27(2)25-42)36(44)32-22-31(38-35(43)21-29-14-7-5-8-15-29)18-19-33(32)47-28(3)13-11-12-20-46-34(26)24-40(4)37(45)39-30-16-9-6-10-17-30/h5,7-8,14-15,18-19,22,26-28,30,34,42H,6,9-13,16-17,20-21,23-25H2,1-4H3,(H,38,43)(H,39,45)/t26-,27-,28-,34+/m1/s1. The highest BCUT2D eigenvalue weighted by Gasteiger charge is 2.31. The molecule has 4 amide bonds. The number of urea groups is 1. The van der Waals surface area contributed by atoms with Gasteiger partial charge in [-0.1, -0.05) is 56.5 Å². The van der Waals surface area contributed by atoms with E-state index in [2.05, 4.69) is 10.6 Å². The molecule has 3 N–H and O–H groups in total. The lowest BCUT2D eigenvalue weighted by Gasteiger charge is -2.36. The predicted octanol–water partition coefficient (Wildman–Crippen LogP) is 5.64. The van der Waals surface area contributed by atoms with Gasteiger partial charge in [-0.3, -0.25) is 9.59 Å². The molecule has 1 aliphatic carbocycles. The molecule has 47 heavy (non-hydrogen) atoms. The van der Waals surface area contributed by atoms with E-state index in [0.29, 0.717) is 36.7 Å². The summed E-state index contributed by atoms with van der Waals surface area (Å²) >= 11 is 0. The van der Waals surface area contributed by atoms with Crippen molar-refractivity contribution in [1.29, 1.82) is 0 Å². The molecule has 0 saturated heterocycles. The Hall–Kier alpha value is -3.63. The van der Waals surface area contributed by atoms with Gasteiger partial charge in [-0.05, 0) is 69.7 Å². The van der Waals surface area contributed by atoms with Crippen molar-refractivity contribution >= 4 is 23.5 Å². The van der Waals surface area contributed by atoms with Crippen LogP contribution in [0.1, 0.15) is 88.1 Å². The zero-order valence-corrected chi connectivity index (χ0v) is 28.6. The molecule has 4 rings (SSSR count). The SMILES string of the molecule is C[C@@H]1CCCCO[C@@H](CN(C)C(=O)NC2CCCCC2)[C@H](C)CN([C@H](C)CO)C(=O)c2cc(NC(=O)Cc3ccccc3)ccc2O1. The number of aliphatic hydroxyl groups excluding tert-OH is 1. The lowest BCUT2D eigenvalue weighted by molar-refractivity contribution is -0.115. The van der Waals surface area contributed by atoms with E-state index in [1.54, 1.807) is 35.0 Å². The van der Waals surface area contributed by atoms with Gasteiger partial charge in [0.05, 0.1) is 36.8 Å². The monoisotopic (exact) mass is 650 g/mol. The number of aliphatic hydroxyl groups is 1. The number of nitrogens with zero attached hydrogens (tertiary/aromatic N) is 2. The van der Waals surface area contributed by atoms with Gasteiger partial charge in [0.2, 0.25) is 5.91 Å². The fraction of sp³-hybridized carbons (Fsp3) is 0.595. The summed E-state index contributed by atoms with van der Waals surface area (Å²) in [5, 5.41) is 16.4. The van der Waals surface area contributed by atoms with Crippen molar-refractivity contribution in [3.8, 4) is 5.75 Å². The van der Waals surface area contributed by atoms with Crippen LogP contribution in [0.5, 0.6) is 5.75 Å². The molecule has 10 heteroatoms. The predicted molar refractivity (Wildman–Crippen MR) is 184 cm³/mol. The number of ether oxygens (including phenoxy) is 2. The first-order valence-electron chi connectivity index (χ1n) is 17.3. The van der Waals surface area contributed by atoms with E-state index in [4.69, 9.17) is 9.47 Å². The molecule has 0 bridgehead atoms. The fourth-order valence-corrected chi connectivity index (χ4v) is 6.33. The van der Waals surface area contributed by atoms with Gasteiger partial charge in [0.1, 0.15) is 5.75 Å². The molecule has 2 aliphatic rings. The number of carbonyl (C=O) groups is 3. The lowest BCUT2D eigenvalue weighted by atomic mass is 9.96. The third kappa shape index (κ3) is 11.0. The summed E-state index contributed by atoms with van der Waals surface area (Å²) < 4.78 is 12.7. The van der Waals surface area contributed by atoms with Gasteiger partial charge in [-0.2, -0.15) is 0 Å². The number of fused-ring (bicyclic) bond motifs is 1. The molecule has 1 aliphatic heterocycles. The second-order valence-electron chi connectivity index (χ2n) is 13.4. The highest BCUT2D eigenvalue weighted by molar-refractivity contribution is 6.00. The number of carbonyl (C=O) groups excluding carboxylic acids is 3. The first kappa shape index (κ1) is 36.2. The Balaban J connectivity index is 1.56. The Kier molecular flexibility index (Phi) is 13.9. The van der Waals surface area contributed by atoms with Gasteiger partial charge in [-0.15, -0.1) is 0 Å². The largest absolute Gasteiger partial charge is 0.490 e. The molecule has 1 saturated carbocycles. The smallest absolute Gasteiger partial charge is 0.317 e. The van der Waals surface area contributed by atoms with Crippen molar-refractivity contribution in [3.05, 3.63) is 59.7 Å². The maximum atomic E-state index is 14.4. The summed E-state index contributed by atoms with van der Waals surface area (Å²) in [7, 11) is 1.79. The number of benzene rings is 2. The maximum Gasteiger partial charge on any atom is 0.317 e. The fourth-order valence-electron chi connectivity index (χ4n) is 6.33. The van der Waals surface area contributed by atoms with E-state index < -0.39 is 6.04 Å². The minimum Gasteiger partial charge on any atom is -0.490 e. The van der Waals surface area contributed by atoms with E-state index in [9.17, 15) is 19.5 Å². The highest BCUT2D eigenvalue weighted by atomic mass is 16.5. The van der Waals surface area contributed by atoms with Crippen LogP contribution < -0.4 is 15.4 Å². The number of hydrogen-bond donors (Lipinski definition) is 3. The van der Waals surface area contributed by atoms with Gasteiger partial charge in [-0.25, -0.2) is 4.79 Å². The Labute approximate surface area is 280 Å². The zero-order chi connectivity index (χ0) is 33.8. The molecule has 0 unspecified atom stereocenters. The lowest BCUT2D eigenvalue weighted by Crippen LogP contribution is -2.50. The van der Waals surface area contributed by atoms with Crippen LogP contribution in [-0.2, 0) is 16.0 Å². The van der Waals surface area contributed by atoms with Gasteiger partial charge >= 0.3 is 6.03 Å². The molecular weight excluding hydrogens is 596 g/mol. The molecular formula is C37H54N4O6. The Morgan fingerprint density at radius 3 is 2.47 bits per heavy atom. The Morgan fingerprint density at radius 2 is 1.74 bits per heavy atom. The van der Waals surface area contributed by atoms with Gasteiger partial charge in [0.15, 0.2) is 0 Å². The molecule has 258 valence electrons. The van der Waals surface area contributed by atoms with E-state index >= 15 is 0 Å². The van der Waals surface area contributed by atoms with Crippen molar-refractivity contribution in [1.82, 2.24) is 15.1 Å². The minimum atomic E-state index is -0.493. The topological polar surface area (TPSA) is 120 Å². The van der Waals surface area contributed by atoms with Crippen molar-refractivity contribution in [3.63, 3.8) is 0 Å². The third-order valence-electron chi connectivity index (χ3n) is 9.28. The molecule has 1 fully saturated rings. The summed E-state index contributed by atoms with van der Waals surface area (Å²) in [5.41, 5.74) is 1.70. The quantitative estimate of drug-likeness (QED) is 0.340. The van der Waals surface area contributed by atoms with Crippen LogP contribution in [0, 0.1) is 5.92 Å². The van der Waals surface area contributed by atoms with Crippen LogP contribution in [-0.4, -0.2) is 90.4 Å². The molecule has 0 radical (unpaired) electrons. The Morgan fingerprint density at radius 1 is 1.02 bits per heavy atom. The summed E-state index contributed by atoms with van der Waals surface area (Å²) in [6.45, 7) is 6.79. The normalized spacial score (nSPS) is 22.3. The van der Waals surface area contributed by atoms with E-state index in [0.717, 1.165) is 50.5 Å². The summed E-state index contributed by atoms with van der Waals surface area (Å²) in [4.78, 5) is 43.7. The number of likely N-dealkylation sites (N-methyl/N-ethyl adjacent to an activating group) is 1. The first-order valence-corrected chi connectivity index (χ1v) is 17.3. The van der Waals surface area contributed by atoms with Gasteiger partial charge < -0.3 is 35.0 Å². The van der Waals surface area contributed by atoms with E-state index in [1.807, 2.05) is 51.1 Å². The number of amides is 4. The average molecular weight is 651 g/mol.